The molecule has 1 aromatic rings. The molecule has 1 saturated heterocycles. The van der Waals surface area contributed by atoms with Gasteiger partial charge in [0.05, 0.1) is 0 Å². The van der Waals surface area contributed by atoms with Gasteiger partial charge in [0.1, 0.15) is 5.82 Å². The minimum Gasteiger partial charge on any atom is -0.343 e. The Balaban J connectivity index is 1.72. The quantitative estimate of drug-likeness (QED) is 0.816. The topological polar surface area (TPSA) is 52.7 Å². The van der Waals surface area contributed by atoms with Crippen molar-refractivity contribution >= 4 is 18.0 Å². The molecule has 108 valence electrons. The summed E-state index contributed by atoms with van der Waals surface area (Å²) in [5.74, 6) is -0.499. The number of anilines is 1. The molecule has 20 heavy (non-hydrogen) atoms. The zero-order chi connectivity index (χ0) is 14.4. The molecule has 0 aromatic heterocycles. The lowest BCUT2D eigenvalue weighted by Crippen LogP contribution is -2.46. The Bertz CT molecular complexity index is 473. The van der Waals surface area contributed by atoms with Gasteiger partial charge in [0.15, 0.2) is 0 Å². The first-order chi connectivity index (χ1) is 9.67. The highest BCUT2D eigenvalue weighted by molar-refractivity contribution is 5.90. The molecule has 0 aliphatic carbocycles. The van der Waals surface area contributed by atoms with E-state index in [0.717, 1.165) is 19.5 Å². The molecule has 1 fully saturated rings. The lowest BCUT2D eigenvalue weighted by molar-refractivity contribution is -0.120. The van der Waals surface area contributed by atoms with Gasteiger partial charge >= 0.3 is 0 Å². The maximum Gasteiger partial charge on any atom is 0.225 e. The highest BCUT2D eigenvalue weighted by Gasteiger charge is 2.15. The van der Waals surface area contributed by atoms with Crippen LogP contribution in [0.15, 0.2) is 24.3 Å². The van der Waals surface area contributed by atoms with Crippen LogP contribution in [0.25, 0.3) is 0 Å². The third-order valence-corrected chi connectivity index (χ3v) is 3.32. The molecule has 1 N–H and O–H groups in total. The van der Waals surface area contributed by atoms with E-state index < -0.39 is 0 Å². The third-order valence-electron chi connectivity index (χ3n) is 3.32. The van der Waals surface area contributed by atoms with Crippen molar-refractivity contribution in [3.63, 3.8) is 0 Å². The summed E-state index contributed by atoms with van der Waals surface area (Å²) in [5.41, 5.74) is 0.473. The van der Waals surface area contributed by atoms with E-state index in [1.807, 2.05) is 0 Å². The Labute approximate surface area is 117 Å². The summed E-state index contributed by atoms with van der Waals surface area (Å²) in [5, 5.41) is 2.67. The van der Waals surface area contributed by atoms with Crippen LogP contribution in [-0.4, -0.2) is 54.8 Å². The monoisotopic (exact) mass is 279 g/mol. The molecule has 1 aliphatic rings. The second-order valence-corrected chi connectivity index (χ2v) is 4.79. The average Bonchev–Trinajstić information content (AvgIpc) is 2.46. The summed E-state index contributed by atoms with van der Waals surface area (Å²) in [6, 6.07) is 5.84. The minimum absolute atomic E-state index is 0.131. The van der Waals surface area contributed by atoms with Gasteiger partial charge in [0.2, 0.25) is 12.3 Å². The van der Waals surface area contributed by atoms with E-state index in [2.05, 4.69) is 10.2 Å². The zero-order valence-electron chi connectivity index (χ0n) is 11.2. The number of carbonyl (C=O) groups excluding carboxylic acids is 2. The molecule has 1 aromatic carbocycles. The molecule has 0 atom stereocenters. The normalized spacial score (nSPS) is 15.9. The molecule has 1 heterocycles. The molecular formula is C14H18FN3O2. The van der Waals surface area contributed by atoms with Gasteiger partial charge in [0, 0.05) is 44.8 Å². The molecule has 1 aliphatic heterocycles. The van der Waals surface area contributed by atoms with Crippen molar-refractivity contribution in [1.82, 2.24) is 9.80 Å². The molecule has 0 bridgehead atoms. The SMILES string of the molecule is O=CN1CCN(CCC(=O)Nc2cccc(F)c2)CC1. The number of halogens is 1. The van der Waals surface area contributed by atoms with Crippen LogP contribution in [0, 0.1) is 5.82 Å². The van der Waals surface area contributed by atoms with Crippen LogP contribution in [0.3, 0.4) is 0 Å². The standard InChI is InChI=1S/C14H18FN3O2/c15-12-2-1-3-13(10-12)16-14(20)4-5-17-6-8-18(11-19)9-7-17/h1-3,10-11H,4-9H2,(H,16,20). The summed E-state index contributed by atoms with van der Waals surface area (Å²) in [7, 11) is 0. The lowest BCUT2D eigenvalue weighted by Gasteiger charge is -2.32. The van der Waals surface area contributed by atoms with Gasteiger partial charge in [-0.15, -0.1) is 0 Å². The molecule has 5 nitrogen and oxygen atoms in total. The van der Waals surface area contributed by atoms with E-state index in [9.17, 15) is 14.0 Å². The third kappa shape index (κ3) is 4.31. The van der Waals surface area contributed by atoms with Gasteiger partial charge in [0.25, 0.3) is 0 Å². The Morgan fingerprint density at radius 1 is 1.30 bits per heavy atom. The van der Waals surface area contributed by atoms with Crippen LogP contribution in [0.5, 0.6) is 0 Å². The van der Waals surface area contributed by atoms with Gasteiger partial charge in [-0.1, -0.05) is 6.07 Å². The Morgan fingerprint density at radius 2 is 2.05 bits per heavy atom. The van der Waals surface area contributed by atoms with Crippen LogP contribution in [0.1, 0.15) is 6.42 Å². The fraction of sp³-hybridized carbons (Fsp3) is 0.429. The van der Waals surface area contributed by atoms with Gasteiger partial charge in [-0.05, 0) is 18.2 Å². The molecule has 0 spiro atoms. The molecule has 2 amide bonds. The summed E-state index contributed by atoms with van der Waals surface area (Å²) in [6.07, 6.45) is 1.21. The fourth-order valence-electron chi connectivity index (χ4n) is 2.14. The number of benzene rings is 1. The maximum atomic E-state index is 13.0. The lowest BCUT2D eigenvalue weighted by atomic mass is 10.2. The van der Waals surface area contributed by atoms with E-state index in [-0.39, 0.29) is 11.7 Å². The predicted octanol–water partition coefficient (Wildman–Crippen LogP) is 0.928. The number of rotatable bonds is 5. The Kier molecular flexibility index (Phi) is 5.06. The van der Waals surface area contributed by atoms with Crippen molar-refractivity contribution < 1.29 is 14.0 Å². The van der Waals surface area contributed by atoms with Gasteiger partial charge in [-0.25, -0.2) is 4.39 Å². The van der Waals surface area contributed by atoms with Crippen molar-refractivity contribution in [2.24, 2.45) is 0 Å². The van der Waals surface area contributed by atoms with Crippen LogP contribution < -0.4 is 5.32 Å². The molecular weight excluding hydrogens is 261 g/mol. The second-order valence-electron chi connectivity index (χ2n) is 4.79. The summed E-state index contributed by atoms with van der Waals surface area (Å²) < 4.78 is 13.0. The van der Waals surface area contributed by atoms with Crippen LogP contribution in [0.4, 0.5) is 10.1 Å². The number of hydrogen-bond acceptors (Lipinski definition) is 3. The number of amides is 2. The molecule has 0 radical (unpaired) electrons. The highest BCUT2D eigenvalue weighted by Crippen LogP contribution is 2.09. The fourth-order valence-corrected chi connectivity index (χ4v) is 2.14. The van der Waals surface area contributed by atoms with Gasteiger partial charge < -0.3 is 10.2 Å². The van der Waals surface area contributed by atoms with Gasteiger partial charge in [-0.3, -0.25) is 14.5 Å². The molecule has 0 unspecified atom stereocenters. The number of hydrogen-bond donors (Lipinski definition) is 1. The van der Waals surface area contributed by atoms with E-state index >= 15 is 0 Å². The molecule has 2 rings (SSSR count). The molecule has 0 saturated carbocycles. The van der Waals surface area contributed by atoms with Crippen LogP contribution in [-0.2, 0) is 9.59 Å². The first kappa shape index (κ1) is 14.5. The van der Waals surface area contributed by atoms with Gasteiger partial charge in [-0.2, -0.15) is 0 Å². The number of nitrogens with one attached hydrogen (secondary N) is 1. The Hall–Kier alpha value is -1.95. The molecule has 6 heteroatoms. The van der Waals surface area contributed by atoms with E-state index in [0.29, 0.717) is 31.7 Å². The number of piperazine rings is 1. The van der Waals surface area contributed by atoms with Crippen molar-refractivity contribution in [3.05, 3.63) is 30.1 Å². The Morgan fingerprint density at radius 3 is 2.70 bits per heavy atom. The second kappa shape index (κ2) is 7.00. The van der Waals surface area contributed by atoms with E-state index in [1.165, 1.54) is 12.1 Å². The largest absolute Gasteiger partial charge is 0.343 e. The summed E-state index contributed by atoms with van der Waals surface area (Å²) in [6.45, 7) is 3.62. The van der Waals surface area contributed by atoms with Crippen molar-refractivity contribution in [2.75, 3.05) is 38.0 Å². The van der Waals surface area contributed by atoms with Crippen LogP contribution in [0.2, 0.25) is 0 Å². The smallest absolute Gasteiger partial charge is 0.225 e. The first-order valence-corrected chi connectivity index (χ1v) is 6.64. The van der Waals surface area contributed by atoms with Crippen molar-refractivity contribution in [1.29, 1.82) is 0 Å². The predicted molar refractivity (Wildman–Crippen MR) is 73.7 cm³/mol. The number of nitrogens with zero attached hydrogens (tertiary/aromatic N) is 2. The zero-order valence-corrected chi connectivity index (χ0v) is 11.2. The average molecular weight is 279 g/mol. The summed E-state index contributed by atoms with van der Waals surface area (Å²) in [4.78, 5) is 26.2. The first-order valence-electron chi connectivity index (χ1n) is 6.64. The maximum absolute atomic E-state index is 13.0. The van der Waals surface area contributed by atoms with Crippen LogP contribution >= 0.6 is 0 Å². The highest BCUT2D eigenvalue weighted by atomic mass is 19.1. The minimum atomic E-state index is -0.368. The van der Waals surface area contributed by atoms with Crippen molar-refractivity contribution in [3.8, 4) is 0 Å². The van der Waals surface area contributed by atoms with E-state index in [4.69, 9.17) is 0 Å². The van der Waals surface area contributed by atoms with Crippen molar-refractivity contribution in [2.45, 2.75) is 6.42 Å². The number of carbonyl (C=O) groups is 2. The summed E-state index contributed by atoms with van der Waals surface area (Å²) >= 11 is 0. The van der Waals surface area contributed by atoms with E-state index in [1.54, 1.807) is 17.0 Å².